The number of hydrogen-bond donors (Lipinski definition) is 0. The molecule has 0 aromatic heterocycles. The Labute approximate surface area is 141 Å². The van der Waals surface area contributed by atoms with Crippen molar-refractivity contribution in [2.24, 2.45) is 0 Å². The van der Waals surface area contributed by atoms with Crippen LogP contribution in [0.1, 0.15) is 0 Å². The average molecular weight is 281 g/mol. The third-order valence-corrected chi connectivity index (χ3v) is 3.20. The summed E-state index contributed by atoms with van der Waals surface area (Å²) >= 11 is 5.76. The molecule has 0 aliphatic rings. The molecular formula is C10H6ClKO3S. The molecule has 0 spiro atoms. The zero-order valence-corrected chi connectivity index (χ0v) is 13.2. The van der Waals surface area contributed by atoms with Gasteiger partial charge in [0.15, 0.2) is 0 Å². The summed E-state index contributed by atoms with van der Waals surface area (Å²) in [5.74, 6) is 0. The van der Waals surface area contributed by atoms with Crippen molar-refractivity contribution in [1.82, 2.24) is 0 Å². The van der Waals surface area contributed by atoms with Crippen molar-refractivity contribution in [3.8, 4) is 0 Å². The van der Waals surface area contributed by atoms with E-state index in [0.29, 0.717) is 15.8 Å². The van der Waals surface area contributed by atoms with Gasteiger partial charge in [-0.25, -0.2) is 8.42 Å². The van der Waals surface area contributed by atoms with Crippen LogP contribution in [0.5, 0.6) is 0 Å². The van der Waals surface area contributed by atoms with Crippen molar-refractivity contribution >= 4 is 32.5 Å². The van der Waals surface area contributed by atoms with E-state index in [9.17, 15) is 13.0 Å². The molecular weight excluding hydrogens is 275 g/mol. The molecule has 2 aromatic rings. The Morgan fingerprint density at radius 3 is 2.44 bits per heavy atom. The normalized spacial score (nSPS) is 11.1. The summed E-state index contributed by atoms with van der Waals surface area (Å²) in [4.78, 5) is -0.211. The van der Waals surface area contributed by atoms with Crippen LogP contribution >= 0.6 is 11.6 Å². The first-order valence-corrected chi connectivity index (χ1v) is 5.91. The molecule has 0 aliphatic heterocycles. The van der Waals surface area contributed by atoms with Gasteiger partial charge in [-0.2, -0.15) is 0 Å². The fourth-order valence-corrected chi connectivity index (χ4v) is 2.32. The summed E-state index contributed by atoms with van der Waals surface area (Å²) in [7, 11) is -4.44. The fraction of sp³-hybridized carbons (Fsp3) is 0. The van der Waals surface area contributed by atoms with Crippen LogP contribution < -0.4 is 51.4 Å². The number of fused-ring (bicyclic) bond motifs is 1. The number of halogens is 1. The van der Waals surface area contributed by atoms with Crippen LogP contribution in [-0.2, 0) is 10.1 Å². The van der Waals surface area contributed by atoms with Crippen molar-refractivity contribution in [3.63, 3.8) is 0 Å². The molecule has 0 heterocycles. The smallest absolute Gasteiger partial charge is 0.744 e. The largest absolute Gasteiger partial charge is 1.00 e. The second-order valence-corrected chi connectivity index (χ2v) is 4.86. The molecule has 0 amide bonds. The van der Waals surface area contributed by atoms with Crippen LogP contribution in [0.4, 0.5) is 0 Å². The second-order valence-electron chi connectivity index (χ2n) is 3.08. The first-order valence-electron chi connectivity index (χ1n) is 4.13. The first kappa shape index (κ1) is 14.6. The van der Waals surface area contributed by atoms with Crippen molar-refractivity contribution in [3.05, 3.63) is 41.4 Å². The van der Waals surface area contributed by atoms with E-state index in [2.05, 4.69) is 0 Å². The van der Waals surface area contributed by atoms with Gasteiger partial charge in [-0.1, -0.05) is 29.8 Å². The maximum atomic E-state index is 10.9. The Bertz CT molecular complexity index is 625. The van der Waals surface area contributed by atoms with E-state index in [0.717, 1.165) is 0 Å². The van der Waals surface area contributed by atoms with Crippen molar-refractivity contribution in [2.75, 3.05) is 0 Å². The SMILES string of the molecule is O=S(=O)([O-])c1cccc2cc(Cl)ccc12.[K+]. The minimum absolute atomic E-state index is 0. The Balaban J connectivity index is 0.00000128. The number of benzene rings is 2. The van der Waals surface area contributed by atoms with Gasteiger partial charge in [-0.05, 0) is 29.0 Å². The van der Waals surface area contributed by atoms with Gasteiger partial charge in [0, 0.05) is 5.02 Å². The molecule has 3 nitrogen and oxygen atoms in total. The molecule has 0 N–H and O–H groups in total. The minimum Gasteiger partial charge on any atom is -0.744 e. The van der Waals surface area contributed by atoms with Gasteiger partial charge in [0.05, 0.1) is 4.90 Å². The van der Waals surface area contributed by atoms with E-state index < -0.39 is 10.1 Å². The third kappa shape index (κ3) is 3.05. The van der Waals surface area contributed by atoms with E-state index in [1.807, 2.05) is 0 Å². The summed E-state index contributed by atoms with van der Waals surface area (Å²) in [6.07, 6.45) is 0. The molecule has 0 saturated carbocycles. The van der Waals surface area contributed by atoms with Crippen molar-refractivity contribution < 1.29 is 64.4 Å². The molecule has 0 aliphatic carbocycles. The van der Waals surface area contributed by atoms with E-state index in [1.54, 1.807) is 18.2 Å². The summed E-state index contributed by atoms with van der Waals surface area (Å²) in [5, 5.41) is 1.54. The van der Waals surface area contributed by atoms with Gasteiger partial charge in [-0.3, -0.25) is 0 Å². The van der Waals surface area contributed by atoms with Crippen LogP contribution in [0.25, 0.3) is 10.8 Å². The molecule has 0 unspecified atom stereocenters. The molecule has 0 bridgehead atoms. The van der Waals surface area contributed by atoms with Crippen LogP contribution in [0.3, 0.4) is 0 Å². The van der Waals surface area contributed by atoms with Crippen LogP contribution in [0.2, 0.25) is 5.02 Å². The van der Waals surface area contributed by atoms with Crippen LogP contribution in [-0.4, -0.2) is 13.0 Å². The topological polar surface area (TPSA) is 57.2 Å². The van der Waals surface area contributed by atoms with E-state index in [1.165, 1.54) is 18.2 Å². The Morgan fingerprint density at radius 2 is 1.81 bits per heavy atom. The molecule has 16 heavy (non-hydrogen) atoms. The average Bonchev–Trinajstić information content (AvgIpc) is 2.15. The molecule has 78 valence electrons. The zero-order valence-electron chi connectivity index (χ0n) is 8.48. The van der Waals surface area contributed by atoms with Gasteiger partial charge in [-0.15, -0.1) is 0 Å². The second kappa shape index (κ2) is 5.45. The Hall–Kier alpha value is 0.536. The monoisotopic (exact) mass is 280 g/mol. The van der Waals surface area contributed by atoms with Crippen molar-refractivity contribution in [1.29, 1.82) is 0 Å². The summed E-state index contributed by atoms with van der Waals surface area (Å²) < 4.78 is 32.8. The maximum absolute atomic E-state index is 10.9. The molecule has 2 rings (SSSR count). The maximum Gasteiger partial charge on any atom is 1.00 e. The fourth-order valence-electron chi connectivity index (χ4n) is 1.44. The Kier molecular flexibility index (Phi) is 4.97. The summed E-state index contributed by atoms with van der Waals surface area (Å²) in [5.41, 5.74) is 0. The predicted molar refractivity (Wildman–Crippen MR) is 56.9 cm³/mol. The molecule has 6 heteroatoms. The third-order valence-electron chi connectivity index (χ3n) is 2.07. The van der Waals surface area contributed by atoms with E-state index in [-0.39, 0.29) is 56.3 Å². The standard InChI is InChI=1S/C10H7ClO3S.K/c11-8-4-5-9-7(6-8)2-1-3-10(9)15(12,13)14;/h1-6H,(H,12,13,14);/q;+1/p-1. The van der Waals surface area contributed by atoms with Gasteiger partial charge in [0.1, 0.15) is 10.1 Å². The molecule has 2 aromatic carbocycles. The summed E-state index contributed by atoms with van der Waals surface area (Å²) in [6.45, 7) is 0. The van der Waals surface area contributed by atoms with Crippen LogP contribution in [0, 0.1) is 0 Å². The molecule has 0 atom stereocenters. The van der Waals surface area contributed by atoms with Crippen LogP contribution in [0.15, 0.2) is 41.3 Å². The van der Waals surface area contributed by atoms with Crippen molar-refractivity contribution in [2.45, 2.75) is 4.90 Å². The van der Waals surface area contributed by atoms with Gasteiger partial charge in [0.2, 0.25) is 0 Å². The zero-order chi connectivity index (χ0) is 11.1. The molecule has 0 saturated heterocycles. The molecule has 0 fully saturated rings. The molecule has 0 radical (unpaired) electrons. The van der Waals surface area contributed by atoms with Gasteiger partial charge < -0.3 is 4.55 Å². The van der Waals surface area contributed by atoms with Gasteiger partial charge in [0.25, 0.3) is 0 Å². The van der Waals surface area contributed by atoms with E-state index >= 15 is 0 Å². The minimum atomic E-state index is -4.44. The number of hydrogen-bond acceptors (Lipinski definition) is 3. The Morgan fingerprint density at radius 1 is 1.12 bits per heavy atom. The quantitative estimate of drug-likeness (QED) is 0.518. The predicted octanol–water partition coefficient (Wildman–Crippen LogP) is -0.599. The summed E-state index contributed by atoms with van der Waals surface area (Å²) in [6, 6.07) is 9.21. The number of rotatable bonds is 1. The van der Waals surface area contributed by atoms with Gasteiger partial charge >= 0.3 is 51.4 Å². The van der Waals surface area contributed by atoms with E-state index in [4.69, 9.17) is 11.6 Å². The first-order chi connectivity index (χ1) is 6.98.